The molecule has 2 amide bonds. The van der Waals surface area contributed by atoms with Crippen molar-refractivity contribution in [2.75, 3.05) is 5.32 Å². The number of primary amides is 1. The summed E-state index contributed by atoms with van der Waals surface area (Å²) >= 11 is 6.05. The summed E-state index contributed by atoms with van der Waals surface area (Å²) in [5.41, 5.74) is 4.54. The zero-order chi connectivity index (χ0) is 28.1. The normalized spacial score (nSPS) is 11.6. The molecule has 3 N–H and O–H groups in total. The molecule has 1 aromatic carbocycles. The van der Waals surface area contributed by atoms with E-state index in [1.54, 1.807) is 0 Å². The topological polar surface area (TPSA) is 166 Å². The molecule has 3 aromatic heterocycles. The summed E-state index contributed by atoms with van der Waals surface area (Å²) in [6, 6.07) is 8.33. The lowest BCUT2D eigenvalue weighted by Crippen LogP contribution is -2.34. The Morgan fingerprint density at radius 2 is 2.00 bits per heavy atom. The van der Waals surface area contributed by atoms with Gasteiger partial charge in [0.2, 0.25) is 5.91 Å². The fourth-order valence-electron chi connectivity index (χ4n) is 3.70. The average molecular weight is 555 g/mol. The SMILES string of the molecule is N#Cc1ccc(Cl)cc1-c1cc(=O)n(C(Cc2cnco2)C(=O)Nc2ccc(C(N)=O)nc2)cc1OC(F)F. The molecule has 198 valence electrons. The molecule has 0 bridgehead atoms. The van der Waals surface area contributed by atoms with Gasteiger partial charge in [-0.25, -0.2) is 9.97 Å². The average Bonchev–Trinajstić information content (AvgIpc) is 3.41. The van der Waals surface area contributed by atoms with Crippen molar-refractivity contribution in [1.82, 2.24) is 14.5 Å². The number of nitrogens with one attached hydrogen (secondary N) is 1. The van der Waals surface area contributed by atoms with Crippen molar-refractivity contribution in [3.63, 3.8) is 0 Å². The van der Waals surface area contributed by atoms with E-state index in [0.29, 0.717) is 0 Å². The summed E-state index contributed by atoms with van der Waals surface area (Å²) in [7, 11) is 0. The first-order chi connectivity index (χ1) is 18.7. The number of nitrogens with two attached hydrogens (primary N) is 1. The molecule has 11 nitrogen and oxygen atoms in total. The number of pyridine rings is 2. The molecule has 4 aromatic rings. The van der Waals surface area contributed by atoms with Crippen LogP contribution < -0.4 is 21.3 Å². The summed E-state index contributed by atoms with van der Waals surface area (Å²) < 4.78 is 37.6. The third-order valence-corrected chi connectivity index (χ3v) is 5.69. The number of halogens is 3. The molecule has 0 aliphatic rings. The maximum atomic E-state index is 13.4. The number of carbonyl (C=O) groups excluding carboxylic acids is 2. The van der Waals surface area contributed by atoms with Gasteiger partial charge in [0.15, 0.2) is 6.39 Å². The molecular formula is C25H17ClF2N6O5. The fourth-order valence-corrected chi connectivity index (χ4v) is 3.87. The van der Waals surface area contributed by atoms with Crippen LogP contribution in [-0.4, -0.2) is 33.0 Å². The van der Waals surface area contributed by atoms with Crippen LogP contribution in [0.3, 0.4) is 0 Å². The van der Waals surface area contributed by atoms with E-state index in [4.69, 9.17) is 21.8 Å². The van der Waals surface area contributed by atoms with Crippen LogP contribution in [-0.2, 0) is 11.2 Å². The maximum absolute atomic E-state index is 13.4. The van der Waals surface area contributed by atoms with Crippen molar-refractivity contribution < 1.29 is 27.5 Å². The van der Waals surface area contributed by atoms with E-state index in [2.05, 4.69) is 20.0 Å². The lowest BCUT2D eigenvalue weighted by molar-refractivity contribution is -0.119. The van der Waals surface area contributed by atoms with Gasteiger partial charge in [-0.1, -0.05) is 11.6 Å². The van der Waals surface area contributed by atoms with Crippen molar-refractivity contribution in [2.45, 2.75) is 19.1 Å². The van der Waals surface area contributed by atoms with Gasteiger partial charge in [-0.15, -0.1) is 0 Å². The van der Waals surface area contributed by atoms with Crippen LogP contribution in [0, 0.1) is 11.3 Å². The van der Waals surface area contributed by atoms with Crippen molar-refractivity contribution in [2.24, 2.45) is 5.73 Å². The highest BCUT2D eigenvalue weighted by Gasteiger charge is 2.27. The third-order valence-electron chi connectivity index (χ3n) is 5.45. The highest BCUT2D eigenvalue weighted by atomic mass is 35.5. The van der Waals surface area contributed by atoms with Gasteiger partial charge in [-0.05, 0) is 30.3 Å². The smallest absolute Gasteiger partial charge is 0.387 e. The molecule has 0 radical (unpaired) electrons. The molecule has 0 saturated heterocycles. The quantitative estimate of drug-likeness (QED) is 0.317. The van der Waals surface area contributed by atoms with Gasteiger partial charge in [0, 0.05) is 28.6 Å². The Balaban J connectivity index is 1.80. The van der Waals surface area contributed by atoms with Crippen LogP contribution in [0.25, 0.3) is 11.1 Å². The summed E-state index contributed by atoms with van der Waals surface area (Å²) in [4.78, 5) is 45.5. The van der Waals surface area contributed by atoms with Crippen molar-refractivity contribution in [3.05, 3.63) is 93.8 Å². The van der Waals surface area contributed by atoms with Gasteiger partial charge < -0.3 is 20.2 Å². The molecular weight excluding hydrogens is 538 g/mol. The minimum atomic E-state index is -3.30. The Kier molecular flexibility index (Phi) is 7.97. The maximum Gasteiger partial charge on any atom is 0.387 e. The van der Waals surface area contributed by atoms with Crippen molar-refractivity contribution in [1.29, 1.82) is 5.26 Å². The van der Waals surface area contributed by atoms with Gasteiger partial charge in [0.1, 0.15) is 23.2 Å². The highest BCUT2D eigenvalue weighted by molar-refractivity contribution is 6.31. The fraction of sp³-hybridized carbons (Fsp3) is 0.120. The molecule has 0 aliphatic carbocycles. The number of hydrogen-bond donors (Lipinski definition) is 2. The minimum Gasteiger partial charge on any atom is -0.448 e. The van der Waals surface area contributed by atoms with Crippen LogP contribution in [0.2, 0.25) is 5.02 Å². The monoisotopic (exact) mass is 554 g/mol. The summed E-state index contributed by atoms with van der Waals surface area (Å²) in [5.74, 6) is -1.79. The zero-order valence-electron chi connectivity index (χ0n) is 19.7. The first-order valence-corrected chi connectivity index (χ1v) is 11.4. The van der Waals surface area contributed by atoms with Gasteiger partial charge in [-0.2, -0.15) is 14.0 Å². The molecule has 14 heteroatoms. The molecule has 3 heterocycles. The molecule has 0 fully saturated rings. The Hall–Kier alpha value is -5.09. The van der Waals surface area contributed by atoms with E-state index in [1.807, 2.05) is 6.07 Å². The number of nitriles is 1. The van der Waals surface area contributed by atoms with Gasteiger partial charge >= 0.3 is 6.61 Å². The first-order valence-electron chi connectivity index (χ1n) is 11.0. The van der Waals surface area contributed by atoms with Crippen LogP contribution in [0.1, 0.15) is 27.9 Å². The minimum absolute atomic E-state index is 0.0374. The van der Waals surface area contributed by atoms with E-state index in [-0.39, 0.29) is 45.3 Å². The van der Waals surface area contributed by atoms with E-state index in [9.17, 15) is 28.4 Å². The Morgan fingerprint density at radius 1 is 1.21 bits per heavy atom. The number of carbonyl (C=O) groups is 2. The Morgan fingerprint density at radius 3 is 2.62 bits per heavy atom. The number of aromatic nitrogens is 3. The molecule has 0 aliphatic heterocycles. The number of oxazole rings is 1. The van der Waals surface area contributed by atoms with E-state index in [0.717, 1.165) is 23.2 Å². The second-order valence-corrected chi connectivity index (χ2v) is 8.39. The molecule has 0 saturated carbocycles. The third kappa shape index (κ3) is 6.25. The van der Waals surface area contributed by atoms with E-state index < -0.39 is 35.8 Å². The Labute approximate surface area is 223 Å². The predicted octanol–water partition coefficient (Wildman–Crippen LogP) is 3.55. The van der Waals surface area contributed by atoms with Crippen LogP contribution in [0.15, 0.2) is 70.6 Å². The van der Waals surface area contributed by atoms with Crippen molar-refractivity contribution in [3.8, 4) is 22.9 Å². The summed E-state index contributed by atoms with van der Waals surface area (Å²) in [6.45, 7) is -3.30. The van der Waals surface area contributed by atoms with Gasteiger partial charge in [0.25, 0.3) is 11.5 Å². The van der Waals surface area contributed by atoms with Crippen LogP contribution >= 0.6 is 11.6 Å². The van der Waals surface area contributed by atoms with Crippen LogP contribution in [0.4, 0.5) is 14.5 Å². The molecule has 1 unspecified atom stereocenters. The second-order valence-electron chi connectivity index (χ2n) is 7.95. The first kappa shape index (κ1) is 27.0. The number of ether oxygens (including phenoxy) is 1. The number of rotatable bonds is 9. The standard InChI is InChI=1S/C25H17ClF2N6O5/c26-14-2-1-13(8-29)17(5-14)18-7-22(35)34(11-21(18)39-25(27)28)20(6-16-10-31-12-38-16)24(37)33-15-3-4-19(23(30)36)32-9-15/h1-5,7,9-12,20,25H,6H2,(H2,30,36)(H,33,37). The number of hydrogen-bond acceptors (Lipinski definition) is 8. The second kappa shape index (κ2) is 11.5. The number of nitrogens with zero attached hydrogens (tertiary/aromatic N) is 4. The largest absolute Gasteiger partial charge is 0.448 e. The molecule has 0 spiro atoms. The molecule has 1 atom stereocenters. The number of anilines is 1. The number of amides is 2. The molecule has 39 heavy (non-hydrogen) atoms. The number of benzene rings is 1. The molecule has 4 rings (SSSR count). The van der Waals surface area contributed by atoms with Gasteiger partial charge in [-0.3, -0.25) is 19.0 Å². The zero-order valence-corrected chi connectivity index (χ0v) is 20.4. The van der Waals surface area contributed by atoms with E-state index >= 15 is 0 Å². The van der Waals surface area contributed by atoms with Crippen LogP contribution in [0.5, 0.6) is 5.75 Å². The summed E-state index contributed by atoms with van der Waals surface area (Å²) in [6.07, 6.45) is 4.37. The lowest BCUT2D eigenvalue weighted by atomic mass is 10.00. The van der Waals surface area contributed by atoms with Crippen molar-refractivity contribution >= 4 is 29.1 Å². The summed E-state index contributed by atoms with van der Waals surface area (Å²) in [5, 5.41) is 12.2. The highest BCUT2D eigenvalue weighted by Crippen LogP contribution is 2.34. The lowest BCUT2D eigenvalue weighted by Gasteiger charge is -2.21. The number of alkyl halides is 2. The van der Waals surface area contributed by atoms with E-state index in [1.165, 1.54) is 42.7 Å². The Bertz CT molecular complexity index is 1620. The van der Waals surface area contributed by atoms with Gasteiger partial charge in [0.05, 0.1) is 35.9 Å². The predicted molar refractivity (Wildman–Crippen MR) is 133 cm³/mol.